The molecule has 2 heterocycles. The minimum Gasteiger partial charge on any atom is -0.466 e. The molecule has 1 aromatic heterocycles. The predicted octanol–water partition coefficient (Wildman–Crippen LogP) is 2.25. The number of piperidine rings is 1. The molecular formula is C22H32N4O5S. The second-order valence-electron chi connectivity index (χ2n) is 9.53. The van der Waals surface area contributed by atoms with Gasteiger partial charge in [0, 0.05) is 30.3 Å². The highest BCUT2D eigenvalue weighted by Crippen LogP contribution is 2.68. The molecule has 0 radical (unpaired) electrons. The molecule has 0 aromatic carbocycles. The first-order valence-electron chi connectivity index (χ1n) is 11.0. The van der Waals surface area contributed by atoms with Crippen LogP contribution in [0.25, 0.3) is 0 Å². The van der Waals surface area contributed by atoms with Gasteiger partial charge < -0.3 is 9.64 Å². The number of amides is 3. The third kappa shape index (κ3) is 4.79. The fraction of sp³-hybridized carbons (Fsp3) is 0.682. The summed E-state index contributed by atoms with van der Waals surface area (Å²) in [5.41, 5.74) is 4.73. The highest BCUT2D eigenvalue weighted by molar-refractivity contribution is 7.09. The van der Waals surface area contributed by atoms with Crippen LogP contribution in [0.5, 0.6) is 0 Å². The Kier molecular flexibility index (Phi) is 6.92. The van der Waals surface area contributed by atoms with Gasteiger partial charge in [0.25, 0.3) is 5.91 Å². The summed E-state index contributed by atoms with van der Waals surface area (Å²) in [5, 5.41) is 2.50. The normalized spacial score (nSPS) is 19.8. The second kappa shape index (κ2) is 9.17. The number of nitrogens with zero attached hydrogens (tertiary/aromatic N) is 2. The zero-order valence-electron chi connectivity index (χ0n) is 19.3. The number of likely N-dealkylation sites (tertiary alicyclic amines) is 1. The molecule has 0 spiro atoms. The number of thiazole rings is 1. The first-order chi connectivity index (χ1) is 15.0. The van der Waals surface area contributed by atoms with Crippen LogP contribution in [0, 0.1) is 16.7 Å². The van der Waals surface area contributed by atoms with E-state index in [2.05, 4.69) is 48.3 Å². The van der Waals surface area contributed by atoms with Crippen molar-refractivity contribution in [1.29, 1.82) is 0 Å². The smallest absolute Gasteiger partial charge is 0.315 e. The molecule has 1 aliphatic carbocycles. The SMILES string of the molecule is CCOC(=O)CC(=O)NNC(=O)c1csc(C2CCN(C(=O)C3C(C)(C)C3(C)C)CC2)n1. The molecule has 0 unspecified atom stereocenters. The quantitative estimate of drug-likeness (QED) is 0.379. The Morgan fingerprint density at radius 3 is 2.31 bits per heavy atom. The van der Waals surface area contributed by atoms with E-state index >= 15 is 0 Å². The number of carbonyl (C=O) groups is 4. The van der Waals surface area contributed by atoms with Crippen LogP contribution in [0.2, 0.25) is 0 Å². The van der Waals surface area contributed by atoms with Gasteiger partial charge in [-0.3, -0.25) is 30.0 Å². The molecule has 2 fully saturated rings. The lowest BCUT2D eigenvalue weighted by molar-refractivity contribution is -0.146. The minimum absolute atomic E-state index is 0.0320. The number of esters is 1. The van der Waals surface area contributed by atoms with Crippen molar-refractivity contribution in [1.82, 2.24) is 20.7 Å². The van der Waals surface area contributed by atoms with E-state index < -0.39 is 24.2 Å². The summed E-state index contributed by atoms with van der Waals surface area (Å²) in [6.07, 6.45) is 1.15. The second-order valence-corrected chi connectivity index (χ2v) is 10.4. The van der Waals surface area contributed by atoms with Gasteiger partial charge in [-0.1, -0.05) is 27.7 Å². The highest BCUT2D eigenvalue weighted by Gasteiger charge is 2.68. The van der Waals surface area contributed by atoms with Gasteiger partial charge in [-0.25, -0.2) is 4.98 Å². The molecule has 3 rings (SSSR count). The summed E-state index contributed by atoms with van der Waals surface area (Å²) in [6, 6.07) is 0. The van der Waals surface area contributed by atoms with Crippen molar-refractivity contribution in [2.45, 2.75) is 59.8 Å². The van der Waals surface area contributed by atoms with E-state index in [1.54, 1.807) is 12.3 Å². The molecule has 3 amide bonds. The van der Waals surface area contributed by atoms with Crippen LogP contribution in [-0.2, 0) is 19.1 Å². The number of hydrazine groups is 1. The van der Waals surface area contributed by atoms with Gasteiger partial charge in [0.2, 0.25) is 11.8 Å². The van der Waals surface area contributed by atoms with Crippen molar-refractivity contribution in [2.24, 2.45) is 16.7 Å². The largest absolute Gasteiger partial charge is 0.466 e. The molecule has 2 N–H and O–H groups in total. The summed E-state index contributed by atoms with van der Waals surface area (Å²) in [7, 11) is 0. The van der Waals surface area contributed by atoms with Crippen molar-refractivity contribution in [3.05, 3.63) is 16.1 Å². The first kappa shape index (κ1) is 24.2. The minimum atomic E-state index is -0.661. The predicted molar refractivity (Wildman–Crippen MR) is 119 cm³/mol. The molecule has 0 bridgehead atoms. The molecular weight excluding hydrogens is 432 g/mol. The van der Waals surface area contributed by atoms with E-state index in [9.17, 15) is 19.2 Å². The molecule has 1 saturated heterocycles. The summed E-state index contributed by atoms with van der Waals surface area (Å²) in [4.78, 5) is 54.5. The Balaban J connectivity index is 1.47. The average molecular weight is 465 g/mol. The number of rotatable bonds is 6. The number of nitrogens with one attached hydrogen (secondary N) is 2. The van der Waals surface area contributed by atoms with Gasteiger partial charge in [-0.2, -0.15) is 0 Å². The van der Waals surface area contributed by atoms with Crippen molar-refractivity contribution >= 4 is 35.0 Å². The zero-order chi connectivity index (χ0) is 23.7. The van der Waals surface area contributed by atoms with Crippen molar-refractivity contribution in [2.75, 3.05) is 19.7 Å². The summed E-state index contributed by atoms with van der Waals surface area (Å²) in [6.45, 7) is 11.8. The Hall–Kier alpha value is -2.49. The maximum Gasteiger partial charge on any atom is 0.315 e. The molecule has 9 nitrogen and oxygen atoms in total. The monoisotopic (exact) mass is 464 g/mol. The third-order valence-electron chi connectivity index (χ3n) is 7.10. The summed E-state index contributed by atoms with van der Waals surface area (Å²) >= 11 is 1.40. The van der Waals surface area contributed by atoms with Gasteiger partial charge in [-0.05, 0) is 30.6 Å². The lowest BCUT2D eigenvalue weighted by Crippen LogP contribution is -2.42. The van der Waals surface area contributed by atoms with E-state index in [1.807, 2.05) is 4.90 Å². The van der Waals surface area contributed by atoms with Crippen molar-refractivity contribution in [3.8, 4) is 0 Å². The lowest BCUT2D eigenvalue weighted by atomic mass is 9.96. The molecule has 1 saturated carbocycles. The van der Waals surface area contributed by atoms with Gasteiger partial charge in [0.15, 0.2) is 0 Å². The summed E-state index contributed by atoms with van der Waals surface area (Å²) in [5.74, 6) is -1.35. The van der Waals surface area contributed by atoms with Crippen LogP contribution in [0.4, 0.5) is 0 Å². The molecule has 1 aromatic rings. The van der Waals surface area contributed by atoms with Crippen LogP contribution in [0.1, 0.15) is 75.3 Å². The Morgan fingerprint density at radius 2 is 1.75 bits per heavy atom. The number of carbonyl (C=O) groups excluding carboxylic acids is 4. The van der Waals surface area contributed by atoms with E-state index in [0.717, 1.165) is 17.8 Å². The van der Waals surface area contributed by atoms with Crippen molar-refractivity contribution < 1.29 is 23.9 Å². The topological polar surface area (TPSA) is 118 Å². The number of hydrogen-bond donors (Lipinski definition) is 2. The Bertz CT molecular complexity index is 888. The Morgan fingerprint density at radius 1 is 1.12 bits per heavy atom. The number of aromatic nitrogens is 1. The van der Waals surface area contributed by atoms with E-state index in [1.165, 1.54) is 11.3 Å². The van der Waals surface area contributed by atoms with Crippen molar-refractivity contribution in [3.63, 3.8) is 0 Å². The molecule has 2 aliphatic rings. The molecule has 176 valence electrons. The van der Waals surface area contributed by atoms with Crippen LogP contribution < -0.4 is 10.9 Å². The fourth-order valence-electron chi connectivity index (χ4n) is 4.50. The van der Waals surface area contributed by atoms with Crippen LogP contribution in [0.15, 0.2) is 5.38 Å². The Labute approximate surface area is 192 Å². The fourth-order valence-corrected chi connectivity index (χ4v) is 5.47. The van der Waals surface area contributed by atoms with Crippen LogP contribution in [0.3, 0.4) is 0 Å². The van der Waals surface area contributed by atoms with Gasteiger partial charge in [0.05, 0.1) is 11.6 Å². The zero-order valence-corrected chi connectivity index (χ0v) is 20.1. The van der Waals surface area contributed by atoms with E-state index in [4.69, 9.17) is 0 Å². The van der Waals surface area contributed by atoms with Gasteiger partial charge in [0.1, 0.15) is 12.1 Å². The average Bonchev–Trinajstić information content (AvgIpc) is 3.07. The molecule has 0 atom stereocenters. The first-order valence-corrected chi connectivity index (χ1v) is 11.9. The molecule has 1 aliphatic heterocycles. The molecule has 10 heteroatoms. The highest BCUT2D eigenvalue weighted by atomic mass is 32.1. The number of ether oxygens (including phenoxy) is 1. The molecule has 32 heavy (non-hydrogen) atoms. The van der Waals surface area contributed by atoms with Crippen LogP contribution in [-0.4, -0.2) is 53.3 Å². The van der Waals surface area contributed by atoms with Gasteiger partial charge >= 0.3 is 5.97 Å². The maximum atomic E-state index is 13.0. The number of hydrogen-bond acceptors (Lipinski definition) is 7. The van der Waals surface area contributed by atoms with E-state index in [-0.39, 0.29) is 40.9 Å². The maximum absolute atomic E-state index is 13.0. The standard InChI is InChI=1S/C22H32N4O5S/c1-6-31-16(28)11-15(27)24-25-18(29)14-12-32-19(23-14)13-7-9-26(10-8-13)20(30)17-21(2,3)22(17,4)5/h12-13,17H,6-11H2,1-5H3,(H,24,27)(H,25,29). The lowest BCUT2D eigenvalue weighted by Gasteiger charge is -2.31. The van der Waals surface area contributed by atoms with Crippen LogP contribution >= 0.6 is 11.3 Å². The third-order valence-corrected chi connectivity index (χ3v) is 8.11. The van der Waals surface area contributed by atoms with E-state index in [0.29, 0.717) is 13.1 Å². The van der Waals surface area contributed by atoms with Gasteiger partial charge in [-0.15, -0.1) is 11.3 Å². The summed E-state index contributed by atoms with van der Waals surface area (Å²) < 4.78 is 4.69.